The number of aryl methyl sites for hydroxylation is 2. The van der Waals surface area contributed by atoms with E-state index in [-0.39, 0.29) is 0 Å². The monoisotopic (exact) mass is 205 g/mol. The molecule has 0 aromatic carbocycles. The lowest BCUT2D eigenvalue weighted by atomic mass is 10.0. The minimum atomic E-state index is 0.803. The van der Waals surface area contributed by atoms with Crippen molar-refractivity contribution < 1.29 is 0 Å². The highest BCUT2D eigenvalue weighted by Crippen LogP contribution is 2.21. The van der Waals surface area contributed by atoms with Crippen molar-refractivity contribution in [3.8, 4) is 0 Å². The average Bonchev–Trinajstić information content (AvgIpc) is 2.86. The normalized spacial score (nSPS) is 25.5. The van der Waals surface area contributed by atoms with Crippen molar-refractivity contribution in [3.05, 3.63) is 17.2 Å². The molecule has 15 heavy (non-hydrogen) atoms. The topological polar surface area (TPSA) is 40.7 Å². The second kappa shape index (κ2) is 3.97. The van der Waals surface area contributed by atoms with Crippen LogP contribution in [-0.4, -0.2) is 23.1 Å². The SMILES string of the molecule is C1CCc2[nH]c(CC3CCNC3)nc2C1. The maximum Gasteiger partial charge on any atom is 0.106 e. The van der Waals surface area contributed by atoms with Gasteiger partial charge in [-0.05, 0) is 51.1 Å². The quantitative estimate of drug-likeness (QED) is 0.767. The zero-order valence-corrected chi connectivity index (χ0v) is 9.18. The first-order chi connectivity index (χ1) is 7.42. The van der Waals surface area contributed by atoms with Gasteiger partial charge < -0.3 is 10.3 Å². The average molecular weight is 205 g/mol. The van der Waals surface area contributed by atoms with Gasteiger partial charge in [0.25, 0.3) is 0 Å². The number of fused-ring (bicyclic) bond motifs is 1. The molecule has 1 atom stereocenters. The van der Waals surface area contributed by atoms with Gasteiger partial charge in [-0.2, -0.15) is 0 Å². The highest BCUT2D eigenvalue weighted by molar-refractivity contribution is 5.17. The Morgan fingerprint density at radius 2 is 2.20 bits per heavy atom. The third kappa shape index (κ3) is 1.93. The van der Waals surface area contributed by atoms with E-state index in [1.165, 1.54) is 62.4 Å². The van der Waals surface area contributed by atoms with Gasteiger partial charge in [-0.25, -0.2) is 4.98 Å². The molecule has 1 unspecified atom stereocenters. The molecule has 3 rings (SSSR count). The van der Waals surface area contributed by atoms with Crippen molar-refractivity contribution in [2.75, 3.05) is 13.1 Å². The van der Waals surface area contributed by atoms with E-state index in [0.29, 0.717) is 0 Å². The fraction of sp³-hybridized carbons (Fsp3) is 0.750. The van der Waals surface area contributed by atoms with Crippen LogP contribution in [0.5, 0.6) is 0 Å². The van der Waals surface area contributed by atoms with Gasteiger partial charge in [0.1, 0.15) is 5.82 Å². The number of nitrogens with zero attached hydrogens (tertiary/aromatic N) is 1. The minimum absolute atomic E-state index is 0.803. The highest BCUT2D eigenvalue weighted by Gasteiger charge is 2.19. The molecule has 3 nitrogen and oxygen atoms in total. The Kier molecular flexibility index (Phi) is 2.49. The van der Waals surface area contributed by atoms with Gasteiger partial charge in [-0.1, -0.05) is 0 Å². The number of nitrogens with one attached hydrogen (secondary N) is 2. The van der Waals surface area contributed by atoms with Crippen LogP contribution in [0.15, 0.2) is 0 Å². The molecule has 0 saturated carbocycles. The summed E-state index contributed by atoms with van der Waals surface area (Å²) in [7, 11) is 0. The van der Waals surface area contributed by atoms with Crippen LogP contribution in [-0.2, 0) is 19.3 Å². The molecule has 0 radical (unpaired) electrons. The van der Waals surface area contributed by atoms with E-state index in [1.54, 1.807) is 0 Å². The summed E-state index contributed by atoms with van der Waals surface area (Å²) in [5, 5.41) is 3.41. The molecule has 0 bridgehead atoms. The molecule has 1 aromatic rings. The summed E-state index contributed by atoms with van der Waals surface area (Å²) in [5.74, 6) is 2.04. The molecule has 1 fully saturated rings. The Balaban J connectivity index is 1.72. The van der Waals surface area contributed by atoms with Crippen LogP contribution in [0.4, 0.5) is 0 Å². The lowest BCUT2D eigenvalue weighted by Gasteiger charge is -2.07. The Morgan fingerprint density at radius 1 is 1.27 bits per heavy atom. The first kappa shape index (κ1) is 9.40. The molecule has 2 heterocycles. The largest absolute Gasteiger partial charge is 0.346 e. The zero-order chi connectivity index (χ0) is 10.1. The van der Waals surface area contributed by atoms with Crippen molar-refractivity contribution >= 4 is 0 Å². The standard InChI is InChI=1S/C12H19N3/c1-2-4-11-10(3-1)14-12(15-11)7-9-5-6-13-8-9/h9,13H,1-8H2,(H,14,15). The molecule has 82 valence electrons. The van der Waals surface area contributed by atoms with Crippen LogP contribution in [0.1, 0.15) is 36.5 Å². The molecule has 1 saturated heterocycles. The third-order valence-corrected chi connectivity index (χ3v) is 3.65. The predicted octanol–water partition coefficient (Wildman–Crippen LogP) is 1.44. The van der Waals surface area contributed by atoms with Gasteiger partial charge >= 0.3 is 0 Å². The second-order valence-corrected chi connectivity index (χ2v) is 4.88. The van der Waals surface area contributed by atoms with Crippen molar-refractivity contribution in [2.45, 2.75) is 38.5 Å². The maximum absolute atomic E-state index is 4.73. The van der Waals surface area contributed by atoms with E-state index in [2.05, 4.69) is 10.3 Å². The molecule has 1 aliphatic carbocycles. The summed E-state index contributed by atoms with van der Waals surface area (Å²) in [6.45, 7) is 2.36. The van der Waals surface area contributed by atoms with Crippen LogP contribution in [0, 0.1) is 5.92 Å². The molecule has 0 spiro atoms. The lowest BCUT2D eigenvalue weighted by molar-refractivity contribution is 0.564. The van der Waals surface area contributed by atoms with Crippen LogP contribution in [0.2, 0.25) is 0 Å². The molecule has 2 aliphatic rings. The highest BCUT2D eigenvalue weighted by atomic mass is 15.0. The number of rotatable bonds is 2. The Morgan fingerprint density at radius 3 is 3.00 bits per heavy atom. The Labute approximate surface area is 90.7 Å². The lowest BCUT2D eigenvalue weighted by Crippen LogP contribution is -2.11. The summed E-state index contributed by atoms with van der Waals surface area (Å²) < 4.78 is 0. The molecule has 3 heteroatoms. The van der Waals surface area contributed by atoms with Crippen molar-refractivity contribution in [3.63, 3.8) is 0 Å². The van der Waals surface area contributed by atoms with Crippen molar-refractivity contribution in [1.29, 1.82) is 0 Å². The fourth-order valence-corrected chi connectivity index (χ4v) is 2.77. The first-order valence-corrected chi connectivity index (χ1v) is 6.19. The van der Waals surface area contributed by atoms with Gasteiger partial charge in [-0.3, -0.25) is 0 Å². The van der Waals surface area contributed by atoms with Gasteiger partial charge in [0, 0.05) is 12.1 Å². The van der Waals surface area contributed by atoms with Crippen LogP contribution in [0.25, 0.3) is 0 Å². The summed E-state index contributed by atoms with van der Waals surface area (Å²) in [6.07, 6.45) is 7.51. The van der Waals surface area contributed by atoms with Crippen LogP contribution >= 0.6 is 0 Å². The smallest absolute Gasteiger partial charge is 0.106 e. The summed E-state index contributed by atoms with van der Waals surface area (Å²) in [6, 6.07) is 0. The summed E-state index contributed by atoms with van der Waals surface area (Å²) >= 11 is 0. The predicted molar refractivity (Wildman–Crippen MR) is 59.9 cm³/mol. The van der Waals surface area contributed by atoms with Crippen LogP contribution in [0.3, 0.4) is 0 Å². The van der Waals surface area contributed by atoms with E-state index in [4.69, 9.17) is 4.98 Å². The Bertz CT molecular complexity index is 313. The van der Waals surface area contributed by atoms with Crippen molar-refractivity contribution in [1.82, 2.24) is 15.3 Å². The molecule has 0 amide bonds. The summed E-state index contributed by atoms with van der Waals surface area (Å²) in [4.78, 5) is 8.25. The first-order valence-electron chi connectivity index (χ1n) is 6.19. The minimum Gasteiger partial charge on any atom is -0.346 e. The number of aromatic amines is 1. The second-order valence-electron chi connectivity index (χ2n) is 4.88. The van der Waals surface area contributed by atoms with Crippen molar-refractivity contribution in [2.24, 2.45) is 5.92 Å². The van der Waals surface area contributed by atoms with Crippen LogP contribution < -0.4 is 5.32 Å². The van der Waals surface area contributed by atoms with Gasteiger partial charge in [0.15, 0.2) is 0 Å². The van der Waals surface area contributed by atoms with Gasteiger partial charge in [-0.15, -0.1) is 0 Å². The van der Waals surface area contributed by atoms with E-state index in [1.807, 2.05) is 0 Å². The van der Waals surface area contributed by atoms with E-state index < -0.39 is 0 Å². The van der Waals surface area contributed by atoms with E-state index in [0.717, 1.165) is 12.3 Å². The molecule has 1 aliphatic heterocycles. The number of aromatic nitrogens is 2. The maximum atomic E-state index is 4.73. The molecule has 2 N–H and O–H groups in total. The number of hydrogen-bond acceptors (Lipinski definition) is 2. The third-order valence-electron chi connectivity index (χ3n) is 3.65. The molecular formula is C12H19N3. The van der Waals surface area contributed by atoms with E-state index >= 15 is 0 Å². The fourth-order valence-electron chi connectivity index (χ4n) is 2.77. The number of hydrogen-bond donors (Lipinski definition) is 2. The number of H-pyrrole nitrogens is 1. The molecular weight excluding hydrogens is 186 g/mol. The summed E-state index contributed by atoms with van der Waals surface area (Å²) in [5.41, 5.74) is 2.77. The number of imidazole rings is 1. The van der Waals surface area contributed by atoms with E-state index in [9.17, 15) is 0 Å². The van der Waals surface area contributed by atoms with Gasteiger partial charge in [0.05, 0.1) is 5.69 Å². The Hall–Kier alpha value is -0.830. The molecule has 1 aromatic heterocycles. The van der Waals surface area contributed by atoms with Gasteiger partial charge in [0.2, 0.25) is 0 Å². The zero-order valence-electron chi connectivity index (χ0n) is 9.18.